The molecule has 0 spiro atoms. The summed E-state index contributed by atoms with van der Waals surface area (Å²) in [7, 11) is -3.31. The first kappa shape index (κ1) is 14.0. The van der Waals surface area contributed by atoms with E-state index < -0.39 is 21.8 Å². The van der Waals surface area contributed by atoms with Crippen LogP contribution >= 0.6 is 0 Å². The zero-order valence-corrected chi connectivity index (χ0v) is 11.3. The maximum absolute atomic E-state index is 12.3. The summed E-state index contributed by atoms with van der Waals surface area (Å²) in [5.41, 5.74) is 6.46. The van der Waals surface area contributed by atoms with Gasteiger partial charge in [-0.25, -0.2) is 8.42 Å². The molecule has 1 aliphatic rings. The molecule has 0 aliphatic heterocycles. The van der Waals surface area contributed by atoms with Crippen molar-refractivity contribution in [2.75, 3.05) is 0 Å². The zero-order chi connectivity index (χ0) is 14.0. The van der Waals surface area contributed by atoms with E-state index in [1.165, 1.54) is 0 Å². The van der Waals surface area contributed by atoms with E-state index in [0.717, 1.165) is 0 Å². The molecule has 3 N–H and O–H groups in total. The fourth-order valence-electron chi connectivity index (χ4n) is 2.04. The lowest BCUT2D eigenvalue weighted by Gasteiger charge is -2.15. The second kappa shape index (κ2) is 5.30. The predicted molar refractivity (Wildman–Crippen MR) is 70.4 cm³/mol. The van der Waals surface area contributed by atoms with Crippen LogP contribution in [0.5, 0.6) is 0 Å². The minimum atomic E-state index is -3.31. The highest BCUT2D eigenvalue weighted by atomic mass is 32.2. The fourth-order valence-corrected chi connectivity index (χ4v) is 3.97. The molecule has 5 nitrogen and oxygen atoms in total. The van der Waals surface area contributed by atoms with Crippen molar-refractivity contribution < 1.29 is 18.3 Å². The van der Waals surface area contributed by atoms with E-state index >= 15 is 0 Å². The van der Waals surface area contributed by atoms with Crippen LogP contribution in [-0.2, 0) is 14.6 Å². The number of hydrogen-bond acceptors (Lipinski definition) is 4. The van der Waals surface area contributed by atoms with Crippen molar-refractivity contribution in [3.63, 3.8) is 0 Å². The van der Waals surface area contributed by atoms with E-state index in [1.807, 2.05) is 0 Å². The molecule has 0 radical (unpaired) electrons. The lowest BCUT2D eigenvalue weighted by molar-refractivity contribution is -0.137. The Hall–Kier alpha value is -1.40. The average molecular weight is 283 g/mol. The average Bonchev–Trinajstić information content (AvgIpc) is 3.20. The number of carboxylic acids is 1. The number of nitrogens with two attached hydrogens (primary N) is 1. The highest BCUT2D eigenvalue weighted by molar-refractivity contribution is 7.92. The Morgan fingerprint density at radius 1 is 1.37 bits per heavy atom. The van der Waals surface area contributed by atoms with Gasteiger partial charge in [0.2, 0.25) is 0 Å². The van der Waals surface area contributed by atoms with Gasteiger partial charge in [-0.3, -0.25) is 4.79 Å². The van der Waals surface area contributed by atoms with Crippen LogP contribution in [0.4, 0.5) is 0 Å². The quantitative estimate of drug-likeness (QED) is 0.824. The molecule has 1 aromatic rings. The maximum Gasteiger partial charge on any atom is 0.303 e. The highest BCUT2D eigenvalue weighted by Gasteiger charge is 2.38. The van der Waals surface area contributed by atoms with Gasteiger partial charge < -0.3 is 10.8 Å². The molecule has 1 aromatic carbocycles. The molecular formula is C13H17NO4S. The van der Waals surface area contributed by atoms with E-state index in [0.29, 0.717) is 18.4 Å². The summed E-state index contributed by atoms with van der Waals surface area (Å²) >= 11 is 0. The SMILES string of the molecule is NC(CCC(=O)O)c1ccccc1S(=O)(=O)C1CC1. The van der Waals surface area contributed by atoms with Gasteiger partial charge >= 0.3 is 5.97 Å². The van der Waals surface area contributed by atoms with Gasteiger partial charge in [-0.1, -0.05) is 18.2 Å². The molecule has 0 heterocycles. The van der Waals surface area contributed by atoms with E-state index in [1.54, 1.807) is 24.3 Å². The summed E-state index contributed by atoms with van der Waals surface area (Å²) in [6, 6.07) is 6.05. The van der Waals surface area contributed by atoms with Gasteiger partial charge in [-0.2, -0.15) is 0 Å². The summed E-state index contributed by atoms with van der Waals surface area (Å²) < 4.78 is 24.6. The first-order chi connectivity index (χ1) is 8.93. The van der Waals surface area contributed by atoms with Gasteiger partial charge in [0.25, 0.3) is 0 Å². The van der Waals surface area contributed by atoms with E-state index in [4.69, 9.17) is 10.8 Å². The summed E-state index contributed by atoms with van der Waals surface area (Å²) in [6.07, 6.45) is 1.55. The Morgan fingerprint density at radius 2 is 2.00 bits per heavy atom. The van der Waals surface area contributed by atoms with Crippen molar-refractivity contribution in [3.05, 3.63) is 29.8 Å². The van der Waals surface area contributed by atoms with Crippen molar-refractivity contribution in [2.24, 2.45) is 5.73 Å². The standard InChI is InChI=1S/C13H17NO4S/c14-11(7-8-13(15)16)10-3-1-2-4-12(10)19(17,18)9-5-6-9/h1-4,9,11H,5-8,14H2,(H,15,16). The molecule has 6 heteroatoms. The number of carboxylic acid groups (broad SMARTS) is 1. The normalized spacial score (nSPS) is 17.1. The first-order valence-corrected chi connectivity index (χ1v) is 7.77. The second-order valence-corrected chi connectivity index (χ2v) is 7.02. The largest absolute Gasteiger partial charge is 0.481 e. The van der Waals surface area contributed by atoms with Crippen molar-refractivity contribution >= 4 is 15.8 Å². The number of benzene rings is 1. The monoisotopic (exact) mass is 283 g/mol. The molecular weight excluding hydrogens is 266 g/mol. The van der Waals surface area contributed by atoms with E-state index in [2.05, 4.69) is 0 Å². The molecule has 0 aromatic heterocycles. The molecule has 0 bridgehead atoms. The van der Waals surface area contributed by atoms with Gasteiger partial charge in [-0.15, -0.1) is 0 Å². The molecule has 0 saturated heterocycles. The van der Waals surface area contributed by atoms with Crippen LogP contribution < -0.4 is 5.73 Å². The van der Waals surface area contributed by atoms with Crippen LogP contribution in [0, 0.1) is 0 Å². The zero-order valence-electron chi connectivity index (χ0n) is 10.5. The number of rotatable bonds is 6. The molecule has 2 rings (SSSR count). The fraction of sp³-hybridized carbons (Fsp3) is 0.462. The minimum Gasteiger partial charge on any atom is -0.481 e. The maximum atomic E-state index is 12.3. The van der Waals surface area contributed by atoms with Crippen LogP contribution in [0.3, 0.4) is 0 Å². The van der Waals surface area contributed by atoms with Gasteiger partial charge in [0.05, 0.1) is 10.1 Å². The van der Waals surface area contributed by atoms with Gasteiger partial charge in [0.15, 0.2) is 9.84 Å². The van der Waals surface area contributed by atoms with Gasteiger partial charge in [0.1, 0.15) is 0 Å². The lowest BCUT2D eigenvalue weighted by Crippen LogP contribution is -2.18. The number of sulfone groups is 1. The first-order valence-electron chi connectivity index (χ1n) is 6.23. The second-order valence-electron chi connectivity index (χ2n) is 4.82. The Bertz CT molecular complexity index is 578. The van der Waals surface area contributed by atoms with Crippen LogP contribution in [-0.4, -0.2) is 24.7 Å². The van der Waals surface area contributed by atoms with Crippen molar-refractivity contribution in [2.45, 2.75) is 41.9 Å². The van der Waals surface area contributed by atoms with Crippen molar-refractivity contribution in [1.82, 2.24) is 0 Å². The van der Waals surface area contributed by atoms with Crippen LogP contribution in [0.15, 0.2) is 29.2 Å². The van der Waals surface area contributed by atoms with E-state index in [-0.39, 0.29) is 23.0 Å². The van der Waals surface area contributed by atoms with Crippen LogP contribution in [0.25, 0.3) is 0 Å². The van der Waals surface area contributed by atoms with E-state index in [9.17, 15) is 13.2 Å². The predicted octanol–water partition coefficient (Wildman–Crippen LogP) is 1.49. The summed E-state index contributed by atoms with van der Waals surface area (Å²) in [6.45, 7) is 0. The molecule has 19 heavy (non-hydrogen) atoms. The summed E-state index contributed by atoms with van der Waals surface area (Å²) in [4.78, 5) is 10.8. The van der Waals surface area contributed by atoms with Gasteiger partial charge in [-0.05, 0) is 30.9 Å². The molecule has 1 fully saturated rings. The Morgan fingerprint density at radius 3 is 2.58 bits per heavy atom. The third-order valence-corrected chi connectivity index (χ3v) is 5.59. The smallest absolute Gasteiger partial charge is 0.303 e. The molecule has 1 atom stereocenters. The third kappa shape index (κ3) is 3.13. The van der Waals surface area contributed by atoms with Crippen molar-refractivity contribution in [3.8, 4) is 0 Å². The highest BCUT2D eigenvalue weighted by Crippen LogP contribution is 2.36. The Balaban J connectivity index is 2.28. The van der Waals surface area contributed by atoms with Crippen LogP contribution in [0.1, 0.15) is 37.3 Å². The minimum absolute atomic E-state index is 0.0705. The van der Waals surface area contributed by atoms with Crippen LogP contribution in [0.2, 0.25) is 0 Å². The number of aliphatic carboxylic acids is 1. The van der Waals surface area contributed by atoms with Crippen molar-refractivity contribution in [1.29, 1.82) is 0 Å². The third-order valence-electron chi connectivity index (χ3n) is 3.26. The Kier molecular flexibility index (Phi) is 3.91. The molecule has 1 saturated carbocycles. The number of carbonyl (C=O) groups is 1. The molecule has 1 aliphatic carbocycles. The molecule has 0 amide bonds. The lowest BCUT2D eigenvalue weighted by atomic mass is 10.0. The number of hydrogen-bond donors (Lipinski definition) is 2. The summed E-state index contributed by atoms with van der Waals surface area (Å²) in [5, 5.41) is 8.37. The van der Waals surface area contributed by atoms with Gasteiger partial charge in [0, 0.05) is 12.5 Å². The molecule has 1 unspecified atom stereocenters. The summed E-state index contributed by atoms with van der Waals surface area (Å²) in [5.74, 6) is -0.932. The Labute approximate surface area is 112 Å². The molecule has 104 valence electrons. The topological polar surface area (TPSA) is 97.5 Å².